The van der Waals surface area contributed by atoms with E-state index in [1.54, 1.807) is 0 Å². The first-order valence-electron chi connectivity index (χ1n) is 3.20. The van der Waals surface area contributed by atoms with Gasteiger partial charge < -0.3 is 14.7 Å². The molecule has 56 valence electrons. The average molecular weight is 135 g/mol. The van der Waals surface area contributed by atoms with E-state index in [0.717, 1.165) is 17.6 Å². The van der Waals surface area contributed by atoms with Crippen molar-refractivity contribution in [2.24, 2.45) is 0 Å². The fourth-order valence-electron chi connectivity index (χ4n) is 0.685. The van der Waals surface area contributed by atoms with E-state index in [2.05, 4.69) is 0 Å². The van der Waals surface area contributed by atoms with Crippen LogP contribution in [0.15, 0.2) is 0 Å². The van der Waals surface area contributed by atoms with Crippen LogP contribution in [-0.4, -0.2) is 55.1 Å². The van der Waals surface area contributed by atoms with Gasteiger partial charge >= 0.3 is 0 Å². The first kappa shape index (κ1) is 8.88. The van der Waals surface area contributed by atoms with Crippen molar-refractivity contribution in [2.75, 3.05) is 40.4 Å². The van der Waals surface area contributed by atoms with Crippen LogP contribution in [-0.2, 0) is 0 Å². The van der Waals surface area contributed by atoms with Crippen LogP contribution < -0.4 is 0 Å². The molecule has 0 heterocycles. The molecule has 0 bridgehead atoms. The molecule has 0 aromatic rings. The van der Waals surface area contributed by atoms with E-state index in [1.165, 1.54) is 0 Å². The third kappa shape index (κ3) is 4.39. The smallest absolute Gasteiger partial charge is 0.193 e. The molecule has 0 fully saturated rings. The molecule has 0 amide bonds. The molecular weight excluding hydrogens is 118 g/mol. The minimum Gasteiger partial charge on any atom is -0.441 e. The third-order valence-electron chi connectivity index (χ3n) is 1.42. The van der Waals surface area contributed by atoms with Crippen molar-refractivity contribution in [1.82, 2.24) is 0 Å². The molecule has 0 rings (SSSR count). The summed E-state index contributed by atoms with van der Waals surface area (Å²) in [6.07, 6.45) is 0. The molecule has 0 saturated carbocycles. The van der Waals surface area contributed by atoms with Crippen molar-refractivity contribution in [3.05, 3.63) is 0 Å². The first-order valence-corrected chi connectivity index (χ1v) is 3.20. The molecule has 0 aromatic heterocycles. The van der Waals surface area contributed by atoms with E-state index in [4.69, 9.17) is 10.2 Å². The summed E-state index contributed by atoms with van der Waals surface area (Å²) >= 11 is 0. The molecule has 0 aliphatic carbocycles. The zero-order valence-electron chi connectivity index (χ0n) is 6.22. The highest BCUT2D eigenvalue weighted by Gasteiger charge is 2.13. The summed E-state index contributed by atoms with van der Waals surface area (Å²) in [5.41, 5.74) is 0. The number of quaternary nitrogens is 1. The number of aliphatic hydroxyl groups is 1. The van der Waals surface area contributed by atoms with Crippen molar-refractivity contribution >= 4 is 0 Å². The number of hydrogen-bond acceptors (Lipinski definition) is 1. The quantitative estimate of drug-likeness (QED) is 0.381. The predicted octanol–water partition coefficient (Wildman–Crippen LogP) is -1.22. The highest BCUT2D eigenvalue weighted by atomic mass is 16.3. The summed E-state index contributed by atoms with van der Waals surface area (Å²) in [6.45, 7) is 2.22. The summed E-state index contributed by atoms with van der Waals surface area (Å²) < 4.78 is 0.750. The molecule has 3 heteroatoms. The molecule has 0 radical (unpaired) electrons. The molecule has 9 heavy (non-hydrogen) atoms. The van der Waals surface area contributed by atoms with Crippen LogP contribution in [0.5, 0.6) is 0 Å². The van der Waals surface area contributed by atoms with Gasteiger partial charge in [-0.15, -0.1) is 0 Å². The Balaban J connectivity index is 3.43. The SMILES string of the molecule is C[N+](C)(CCO)CC[OH2+]. The minimum absolute atomic E-state index is 0.215. The van der Waals surface area contributed by atoms with Crippen molar-refractivity contribution < 1.29 is 14.7 Å². The van der Waals surface area contributed by atoms with Crippen LogP contribution in [0.25, 0.3) is 0 Å². The van der Waals surface area contributed by atoms with Gasteiger partial charge in [-0.2, -0.15) is 0 Å². The van der Waals surface area contributed by atoms with Gasteiger partial charge in [-0.05, 0) is 0 Å². The Labute approximate surface area is 56.1 Å². The molecular formula is C6H17NO2+2. The van der Waals surface area contributed by atoms with E-state index >= 15 is 0 Å². The van der Waals surface area contributed by atoms with Gasteiger partial charge in [0.05, 0.1) is 20.7 Å². The van der Waals surface area contributed by atoms with Crippen LogP contribution in [0.1, 0.15) is 0 Å². The fraction of sp³-hybridized carbons (Fsp3) is 1.00. The lowest BCUT2D eigenvalue weighted by atomic mass is 10.4. The molecule has 0 spiro atoms. The van der Waals surface area contributed by atoms with E-state index in [1.807, 2.05) is 14.1 Å². The van der Waals surface area contributed by atoms with Crippen LogP contribution in [0, 0.1) is 0 Å². The summed E-state index contributed by atoms with van der Waals surface area (Å²) in [4.78, 5) is 0. The number of aliphatic hydroxyl groups excluding tert-OH is 1. The summed E-state index contributed by atoms with van der Waals surface area (Å²) in [6, 6.07) is 0. The van der Waals surface area contributed by atoms with Gasteiger partial charge in [-0.3, -0.25) is 0 Å². The lowest BCUT2D eigenvalue weighted by Gasteiger charge is -2.26. The van der Waals surface area contributed by atoms with Crippen molar-refractivity contribution in [2.45, 2.75) is 0 Å². The van der Waals surface area contributed by atoms with Crippen molar-refractivity contribution in [3.63, 3.8) is 0 Å². The van der Waals surface area contributed by atoms with Gasteiger partial charge in [0, 0.05) is 0 Å². The van der Waals surface area contributed by atoms with Crippen LogP contribution >= 0.6 is 0 Å². The zero-order chi connectivity index (χ0) is 7.33. The molecule has 0 aliphatic heterocycles. The largest absolute Gasteiger partial charge is 0.441 e. The van der Waals surface area contributed by atoms with Crippen LogP contribution in [0.4, 0.5) is 0 Å². The molecule has 0 unspecified atom stereocenters. The summed E-state index contributed by atoms with van der Waals surface area (Å²) in [7, 11) is 4.04. The lowest BCUT2D eigenvalue weighted by molar-refractivity contribution is -0.890. The molecule has 0 atom stereocenters. The summed E-state index contributed by atoms with van der Waals surface area (Å²) in [5, 5.41) is 15.5. The highest BCUT2D eigenvalue weighted by Crippen LogP contribution is 1.92. The molecule has 3 N–H and O–H groups in total. The maximum atomic E-state index is 8.55. The van der Waals surface area contributed by atoms with Gasteiger partial charge in [-0.1, -0.05) is 0 Å². The Morgan fingerprint density at radius 3 is 2.22 bits per heavy atom. The van der Waals surface area contributed by atoms with Gasteiger partial charge in [0.2, 0.25) is 0 Å². The van der Waals surface area contributed by atoms with Gasteiger partial charge in [0.1, 0.15) is 13.1 Å². The highest BCUT2D eigenvalue weighted by molar-refractivity contribution is 4.29. The maximum Gasteiger partial charge on any atom is 0.193 e. The number of rotatable bonds is 4. The van der Waals surface area contributed by atoms with E-state index in [9.17, 15) is 0 Å². The molecule has 0 aliphatic rings. The minimum atomic E-state index is 0.215. The fourth-order valence-corrected chi connectivity index (χ4v) is 0.685. The Morgan fingerprint density at radius 2 is 1.89 bits per heavy atom. The Hall–Kier alpha value is -0.120. The Bertz CT molecular complexity index is 65.5. The van der Waals surface area contributed by atoms with Gasteiger partial charge in [-0.25, -0.2) is 0 Å². The van der Waals surface area contributed by atoms with Crippen molar-refractivity contribution in [3.8, 4) is 0 Å². The average Bonchev–Trinajstić information content (AvgIpc) is 1.64. The van der Waals surface area contributed by atoms with E-state index < -0.39 is 0 Å². The van der Waals surface area contributed by atoms with Crippen molar-refractivity contribution in [1.29, 1.82) is 0 Å². The maximum absolute atomic E-state index is 8.55. The first-order chi connectivity index (χ1) is 4.12. The predicted molar refractivity (Wildman–Crippen MR) is 37.4 cm³/mol. The second-order valence-electron chi connectivity index (χ2n) is 2.86. The molecule has 0 saturated heterocycles. The van der Waals surface area contributed by atoms with Crippen LogP contribution in [0.2, 0.25) is 0 Å². The number of nitrogens with zero attached hydrogens (tertiary/aromatic N) is 1. The summed E-state index contributed by atoms with van der Waals surface area (Å²) in [5.74, 6) is 0. The number of hydrogen-bond donors (Lipinski definition) is 1. The second kappa shape index (κ2) is 3.82. The Morgan fingerprint density at radius 1 is 1.33 bits per heavy atom. The van der Waals surface area contributed by atoms with E-state index in [0.29, 0.717) is 6.61 Å². The monoisotopic (exact) mass is 135 g/mol. The van der Waals surface area contributed by atoms with Gasteiger partial charge in [0.15, 0.2) is 6.61 Å². The van der Waals surface area contributed by atoms with Gasteiger partial charge in [0.25, 0.3) is 0 Å². The lowest BCUT2D eigenvalue weighted by Crippen LogP contribution is -2.43. The Kier molecular flexibility index (Phi) is 3.77. The molecule has 0 aromatic carbocycles. The van der Waals surface area contributed by atoms with Crippen LogP contribution in [0.3, 0.4) is 0 Å². The number of likely N-dealkylation sites (N-methyl/N-ethyl adjacent to an activating group) is 1. The standard InChI is InChI=1S/C6H16NO2/c1-7(2,3-5-8)4-6-9/h8-9H,3-6H2,1-2H3/q+1/p+1. The third-order valence-corrected chi connectivity index (χ3v) is 1.42. The topological polar surface area (TPSA) is 43.1 Å². The van der Waals surface area contributed by atoms with E-state index in [-0.39, 0.29) is 6.61 Å². The molecule has 3 nitrogen and oxygen atoms in total. The second-order valence-corrected chi connectivity index (χ2v) is 2.86. The normalized spacial score (nSPS) is 12.0. The zero-order valence-corrected chi connectivity index (χ0v) is 6.22.